The maximum Gasteiger partial charge on any atom is 0.360 e. The molecule has 1 N–H and O–H groups in total. The van der Waals surface area contributed by atoms with Gasteiger partial charge in [-0.3, -0.25) is 0 Å². The predicted octanol–water partition coefficient (Wildman–Crippen LogP) is 3.04. The van der Waals surface area contributed by atoms with Crippen LogP contribution in [-0.4, -0.2) is 17.6 Å². The Labute approximate surface area is 109 Å². The fraction of sp³-hybridized carbons (Fsp3) is 0.231. The van der Waals surface area contributed by atoms with Crippen LogP contribution in [0.25, 0.3) is 0 Å². The van der Waals surface area contributed by atoms with Crippen molar-refractivity contribution in [3.63, 3.8) is 0 Å². The zero-order chi connectivity index (χ0) is 13.8. The second-order valence-corrected chi connectivity index (χ2v) is 3.84. The molecule has 1 aromatic heterocycles. The van der Waals surface area contributed by atoms with Crippen molar-refractivity contribution in [1.82, 2.24) is 4.98 Å². The smallest absolute Gasteiger partial charge is 0.360 e. The monoisotopic (exact) mass is 264 g/mol. The summed E-state index contributed by atoms with van der Waals surface area (Å²) in [5.41, 5.74) is 1.42. The molecule has 19 heavy (non-hydrogen) atoms. The Kier molecular flexibility index (Phi) is 3.79. The molecule has 0 aliphatic rings. The summed E-state index contributed by atoms with van der Waals surface area (Å²) in [4.78, 5) is 15.3. The second-order valence-electron chi connectivity index (χ2n) is 3.84. The van der Waals surface area contributed by atoms with Gasteiger partial charge in [0.1, 0.15) is 12.1 Å². The van der Waals surface area contributed by atoms with Crippen molar-refractivity contribution in [1.29, 1.82) is 0 Å². The summed E-state index contributed by atoms with van der Waals surface area (Å²) < 4.78 is 23.0. The summed E-state index contributed by atoms with van der Waals surface area (Å²) in [6.45, 7) is 3.78. The molecule has 0 bridgehead atoms. The number of halogens is 1. The number of carbonyl (C=O) groups is 1. The molecule has 0 spiro atoms. The standard InChI is InChI=1S/C13H13FN2O3/c1-3-18-12(17)11-7-19-13(16-11)15-10-6-9(14)5-4-8(10)2/h4-7H,3H2,1-2H3,(H,15,16). The van der Waals surface area contributed by atoms with Crippen molar-refractivity contribution < 1.29 is 18.3 Å². The van der Waals surface area contributed by atoms with Gasteiger partial charge in [0.2, 0.25) is 0 Å². The van der Waals surface area contributed by atoms with Gasteiger partial charge < -0.3 is 14.5 Å². The highest BCUT2D eigenvalue weighted by Gasteiger charge is 2.13. The number of anilines is 2. The van der Waals surface area contributed by atoms with Crippen molar-refractivity contribution in [2.24, 2.45) is 0 Å². The van der Waals surface area contributed by atoms with Crippen molar-refractivity contribution in [3.8, 4) is 0 Å². The number of rotatable bonds is 4. The van der Waals surface area contributed by atoms with Crippen molar-refractivity contribution in [2.45, 2.75) is 13.8 Å². The molecule has 0 aliphatic heterocycles. The maximum atomic E-state index is 13.1. The van der Waals surface area contributed by atoms with Crippen LogP contribution in [0.4, 0.5) is 16.1 Å². The molecule has 6 heteroatoms. The summed E-state index contributed by atoms with van der Waals surface area (Å²) >= 11 is 0. The first kappa shape index (κ1) is 13.1. The molecule has 1 aromatic carbocycles. The normalized spacial score (nSPS) is 10.3. The van der Waals surface area contributed by atoms with E-state index >= 15 is 0 Å². The molecule has 0 radical (unpaired) electrons. The molecule has 5 nitrogen and oxygen atoms in total. The maximum absolute atomic E-state index is 13.1. The Bertz CT molecular complexity index is 595. The average Bonchev–Trinajstić information content (AvgIpc) is 2.83. The fourth-order valence-corrected chi connectivity index (χ4v) is 1.47. The fourth-order valence-electron chi connectivity index (χ4n) is 1.47. The van der Waals surface area contributed by atoms with Gasteiger partial charge >= 0.3 is 5.97 Å². The van der Waals surface area contributed by atoms with E-state index in [4.69, 9.17) is 9.15 Å². The quantitative estimate of drug-likeness (QED) is 0.860. The van der Waals surface area contributed by atoms with Crippen LogP contribution in [-0.2, 0) is 4.74 Å². The Morgan fingerprint density at radius 1 is 1.53 bits per heavy atom. The molecule has 0 saturated heterocycles. The lowest BCUT2D eigenvalue weighted by atomic mass is 10.2. The SMILES string of the molecule is CCOC(=O)c1coc(Nc2cc(F)ccc2C)n1. The third-order valence-corrected chi connectivity index (χ3v) is 2.43. The van der Waals surface area contributed by atoms with Gasteiger partial charge in [-0.1, -0.05) is 6.07 Å². The first-order chi connectivity index (χ1) is 9.10. The van der Waals surface area contributed by atoms with Gasteiger partial charge in [0.05, 0.1) is 6.61 Å². The summed E-state index contributed by atoms with van der Waals surface area (Å²) in [6.07, 6.45) is 1.19. The largest absolute Gasteiger partial charge is 0.461 e. The number of hydrogen-bond donors (Lipinski definition) is 1. The number of benzene rings is 1. The Hall–Kier alpha value is -2.37. The van der Waals surface area contributed by atoms with E-state index < -0.39 is 5.97 Å². The van der Waals surface area contributed by atoms with Gasteiger partial charge in [-0.25, -0.2) is 9.18 Å². The van der Waals surface area contributed by atoms with Gasteiger partial charge in [-0.05, 0) is 31.5 Å². The first-order valence-electron chi connectivity index (χ1n) is 5.76. The molecule has 0 amide bonds. The van der Waals surface area contributed by atoms with E-state index in [-0.39, 0.29) is 24.1 Å². The lowest BCUT2D eigenvalue weighted by molar-refractivity contribution is 0.0519. The molecular formula is C13H13FN2O3. The van der Waals surface area contributed by atoms with E-state index in [0.717, 1.165) is 5.56 Å². The zero-order valence-electron chi connectivity index (χ0n) is 10.6. The summed E-state index contributed by atoms with van der Waals surface area (Å²) in [5, 5.41) is 2.80. The Morgan fingerprint density at radius 2 is 2.32 bits per heavy atom. The number of aryl methyl sites for hydroxylation is 1. The average molecular weight is 264 g/mol. The van der Waals surface area contributed by atoms with E-state index in [0.29, 0.717) is 5.69 Å². The third-order valence-electron chi connectivity index (χ3n) is 2.43. The highest BCUT2D eigenvalue weighted by Crippen LogP contribution is 2.21. The number of hydrogen-bond acceptors (Lipinski definition) is 5. The van der Waals surface area contributed by atoms with Crippen LogP contribution in [0, 0.1) is 12.7 Å². The van der Waals surface area contributed by atoms with Gasteiger partial charge in [0.15, 0.2) is 5.69 Å². The zero-order valence-corrected chi connectivity index (χ0v) is 10.6. The van der Waals surface area contributed by atoms with Gasteiger partial charge in [-0.2, -0.15) is 4.98 Å². The molecular weight excluding hydrogens is 251 g/mol. The number of carbonyl (C=O) groups excluding carboxylic acids is 1. The van der Waals surface area contributed by atoms with Crippen LogP contribution in [0.3, 0.4) is 0 Å². The first-order valence-corrected chi connectivity index (χ1v) is 5.76. The van der Waals surface area contributed by atoms with Crippen LogP contribution < -0.4 is 5.32 Å². The topological polar surface area (TPSA) is 64.4 Å². The van der Waals surface area contributed by atoms with Gasteiger partial charge in [0.25, 0.3) is 6.01 Å². The van der Waals surface area contributed by atoms with Gasteiger partial charge in [-0.15, -0.1) is 0 Å². The van der Waals surface area contributed by atoms with Crippen LogP contribution in [0.1, 0.15) is 23.0 Å². The molecule has 0 fully saturated rings. The van der Waals surface area contributed by atoms with Crippen LogP contribution in [0.2, 0.25) is 0 Å². The number of ether oxygens (including phenoxy) is 1. The number of esters is 1. The highest BCUT2D eigenvalue weighted by atomic mass is 19.1. The van der Waals surface area contributed by atoms with E-state index in [9.17, 15) is 9.18 Å². The lowest BCUT2D eigenvalue weighted by Gasteiger charge is -2.05. The predicted molar refractivity (Wildman–Crippen MR) is 66.9 cm³/mol. The van der Waals surface area contributed by atoms with E-state index in [2.05, 4.69) is 10.3 Å². The third kappa shape index (κ3) is 3.09. The van der Waals surface area contributed by atoms with Crippen molar-refractivity contribution in [2.75, 3.05) is 11.9 Å². The van der Waals surface area contributed by atoms with E-state index in [1.807, 2.05) is 6.92 Å². The molecule has 1 heterocycles. The molecule has 0 unspecified atom stereocenters. The summed E-state index contributed by atoms with van der Waals surface area (Å²) in [5.74, 6) is -0.930. The minimum Gasteiger partial charge on any atom is -0.461 e. The second kappa shape index (κ2) is 5.51. The molecule has 100 valence electrons. The molecule has 2 rings (SSSR count). The summed E-state index contributed by atoms with van der Waals surface area (Å²) in [6, 6.07) is 4.42. The van der Waals surface area contributed by atoms with E-state index in [1.54, 1.807) is 13.0 Å². The number of nitrogens with zero attached hydrogens (tertiary/aromatic N) is 1. The van der Waals surface area contributed by atoms with Crippen LogP contribution in [0.15, 0.2) is 28.9 Å². The molecule has 0 aliphatic carbocycles. The number of oxazole rings is 1. The number of nitrogens with one attached hydrogen (secondary N) is 1. The highest BCUT2D eigenvalue weighted by molar-refractivity contribution is 5.87. The number of aromatic nitrogens is 1. The minimum absolute atomic E-state index is 0.0680. The van der Waals surface area contributed by atoms with Crippen molar-refractivity contribution >= 4 is 17.7 Å². The van der Waals surface area contributed by atoms with Crippen molar-refractivity contribution in [3.05, 3.63) is 41.5 Å². The Balaban J connectivity index is 2.15. The molecule has 2 aromatic rings. The van der Waals surface area contributed by atoms with E-state index in [1.165, 1.54) is 18.4 Å². The van der Waals surface area contributed by atoms with Crippen LogP contribution in [0.5, 0.6) is 0 Å². The lowest BCUT2D eigenvalue weighted by Crippen LogP contribution is -2.05. The minimum atomic E-state index is -0.560. The van der Waals surface area contributed by atoms with Crippen LogP contribution >= 0.6 is 0 Å². The molecule has 0 atom stereocenters. The van der Waals surface area contributed by atoms with Gasteiger partial charge in [0, 0.05) is 5.69 Å². The molecule has 0 saturated carbocycles. The summed E-state index contributed by atoms with van der Waals surface area (Å²) in [7, 11) is 0. The Morgan fingerprint density at radius 3 is 3.05 bits per heavy atom.